The molecule has 0 aliphatic rings. The van der Waals surface area contributed by atoms with E-state index < -0.39 is 0 Å². The van der Waals surface area contributed by atoms with Gasteiger partial charge in [0.1, 0.15) is 11.2 Å². The Labute approximate surface area is 228 Å². The number of benzene rings is 6. The summed E-state index contributed by atoms with van der Waals surface area (Å²) in [6.07, 6.45) is 0. The second-order valence-corrected chi connectivity index (χ2v) is 10.2. The predicted molar refractivity (Wildman–Crippen MR) is 164 cm³/mol. The fraction of sp³-hybridized carbons (Fsp3) is 0. The molecular weight excluding hydrogens is 490 g/mol. The minimum absolute atomic E-state index is 0.654. The van der Waals surface area contributed by atoms with Crippen molar-refractivity contribution in [2.24, 2.45) is 0 Å². The lowest BCUT2D eigenvalue weighted by molar-refractivity contribution is 0.672. The van der Waals surface area contributed by atoms with Crippen LogP contribution >= 0.6 is 0 Å². The third kappa shape index (κ3) is 2.90. The van der Waals surface area contributed by atoms with Gasteiger partial charge in [-0.05, 0) is 30.3 Å². The molecule has 0 radical (unpaired) electrons. The van der Waals surface area contributed by atoms with Crippen LogP contribution in [0.25, 0.3) is 82.6 Å². The summed E-state index contributed by atoms with van der Waals surface area (Å²) >= 11 is 0. The van der Waals surface area contributed by atoms with Gasteiger partial charge in [0.25, 0.3) is 0 Å². The monoisotopic (exact) mass is 511 g/mol. The van der Waals surface area contributed by atoms with E-state index in [2.05, 4.69) is 102 Å². The summed E-state index contributed by atoms with van der Waals surface area (Å²) in [6, 6.07) is 44.1. The smallest absolute Gasteiger partial charge is 0.235 e. The fourth-order valence-electron chi connectivity index (χ4n) is 6.24. The highest BCUT2D eigenvalue weighted by Gasteiger charge is 2.20. The van der Waals surface area contributed by atoms with E-state index in [1.165, 1.54) is 5.39 Å². The van der Waals surface area contributed by atoms with Crippen molar-refractivity contribution in [3.05, 3.63) is 127 Å². The van der Waals surface area contributed by atoms with Gasteiger partial charge in [0, 0.05) is 43.3 Å². The number of furan rings is 1. The van der Waals surface area contributed by atoms with E-state index in [4.69, 9.17) is 14.4 Å². The van der Waals surface area contributed by atoms with Crippen molar-refractivity contribution in [1.82, 2.24) is 14.5 Å². The van der Waals surface area contributed by atoms with Gasteiger partial charge >= 0.3 is 0 Å². The summed E-state index contributed by atoms with van der Waals surface area (Å²) in [6.45, 7) is 0. The molecule has 9 rings (SSSR count). The molecule has 0 fully saturated rings. The van der Waals surface area contributed by atoms with Crippen LogP contribution in [0, 0.1) is 0 Å². The molecule has 0 atom stereocenters. The van der Waals surface area contributed by atoms with Gasteiger partial charge in [-0.25, -0.2) is 9.97 Å². The first kappa shape index (κ1) is 21.5. The molecule has 3 aromatic heterocycles. The Balaban J connectivity index is 1.45. The SMILES string of the molecule is c1ccc(-c2nc(-n3c4ccccc4c4ccc5c(ccc6c7ccccc7oc65)c43)nc3ccccc23)cc1. The van der Waals surface area contributed by atoms with Crippen LogP contribution in [0.15, 0.2) is 132 Å². The third-order valence-corrected chi connectivity index (χ3v) is 8.01. The molecular formula is C36H21N3O. The molecule has 0 spiro atoms. The Morgan fingerprint density at radius 2 is 1.10 bits per heavy atom. The molecule has 9 aromatic rings. The lowest BCUT2D eigenvalue weighted by Gasteiger charge is -2.12. The summed E-state index contributed by atoms with van der Waals surface area (Å²) in [5.74, 6) is 0.654. The van der Waals surface area contributed by atoms with Crippen LogP contribution in [-0.2, 0) is 0 Å². The maximum absolute atomic E-state index is 6.43. The molecule has 0 aliphatic carbocycles. The van der Waals surface area contributed by atoms with Gasteiger partial charge in [0.15, 0.2) is 0 Å². The zero-order chi connectivity index (χ0) is 26.2. The van der Waals surface area contributed by atoms with Gasteiger partial charge in [-0.1, -0.05) is 97.1 Å². The zero-order valence-corrected chi connectivity index (χ0v) is 21.4. The van der Waals surface area contributed by atoms with E-state index >= 15 is 0 Å². The summed E-state index contributed by atoms with van der Waals surface area (Å²) in [4.78, 5) is 10.4. The molecule has 0 unspecified atom stereocenters. The van der Waals surface area contributed by atoms with Crippen LogP contribution in [0.3, 0.4) is 0 Å². The topological polar surface area (TPSA) is 43.9 Å². The first-order valence-electron chi connectivity index (χ1n) is 13.4. The van der Waals surface area contributed by atoms with Crippen LogP contribution in [0.4, 0.5) is 0 Å². The van der Waals surface area contributed by atoms with E-state index in [0.29, 0.717) is 5.95 Å². The Morgan fingerprint density at radius 3 is 1.95 bits per heavy atom. The molecule has 6 aromatic carbocycles. The van der Waals surface area contributed by atoms with Crippen molar-refractivity contribution in [2.45, 2.75) is 0 Å². The van der Waals surface area contributed by atoms with Crippen LogP contribution in [-0.4, -0.2) is 14.5 Å². The molecule has 0 saturated carbocycles. The number of hydrogen-bond acceptors (Lipinski definition) is 3. The summed E-state index contributed by atoms with van der Waals surface area (Å²) in [5, 5.41) is 7.81. The highest BCUT2D eigenvalue weighted by Crippen LogP contribution is 2.41. The van der Waals surface area contributed by atoms with Gasteiger partial charge in [-0.3, -0.25) is 4.57 Å². The molecule has 4 heteroatoms. The number of fused-ring (bicyclic) bond motifs is 10. The van der Waals surface area contributed by atoms with Crippen molar-refractivity contribution in [3.63, 3.8) is 0 Å². The number of rotatable bonds is 2. The average Bonchev–Trinajstić information content (AvgIpc) is 3.57. The molecule has 0 aliphatic heterocycles. The number of hydrogen-bond donors (Lipinski definition) is 0. The molecule has 40 heavy (non-hydrogen) atoms. The second kappa shape index (κ2) is 8.01. The quantitative estimate of drug-likeness (QED) is 0.232. The first-order valence-corrected chi connectivity index (χ1v) is 13.4. The minimum Gasteiger partial charge on any atom is -0.455 e. The maximum atomic E-state index is 6.43. The molecule has 0 bridgehead atoms. The van der Waals surface area contributed by atoms with Crippen molar-refractivity contribution in [2.75, 3.05) is 0 Å². The average molecular weight is 512 g/mol. The first-order chi connectivity index (χ1) is 19.8. The third-order valence-electron chi connectivity index (χ3n) is 8.01. The molecule has 3 heterocycles. The summed E-state index contributed by atoms with van der Waals surface area (Å²) in [5.41, 5.74) is 6.86. The molecule has 186 valence electrons. The zero-order valence-electron chi connectivity index (χ0n) is 21.4. The van der Waals surface area contributed by atoms with Crippen molar-refractivity contribution >= 4 is 65.4 Å². The molecule has 0 saturated heterocycles. The molecule has 4 nitrogen and oxygen atoms in total. The Kier molecular flexibility index (Phi) is 4.30. The van der Waals surface area contributed by atoms with Gasteiger partial charge in [-0.2, -0.15) is 0 Å². The van der Waals surface area contributed by atoms with E-state index in [1.807, 2.05) is 30.3 Å². The van der Waals surface area contributed by atoms with E-state index in [-0.39, 0.29) is 0 Å². The number of aromatic nitrogens is 3. The Bertz CT molecular complexity index is 2430. The van der Waals surface area contributed by atoms with E-state index in [0.717, 1.165) is 71.3 Å². The summed E-state index contributed by atoms with van der Waals surface area (Å²) < 4.78 is 8.65. The normalized spacial score (nSPS) is 12.0. The maximum Gasteiger partial charge on any atom is 0.235 e. The minimum atomic E-state index is 0.654. The number of para-hydroxylation sites is 3. The van der Waals surface area contributed by atoms with Gasteiger partial charge in [-0.15, -0.1) is 0 Å². The highest BCUT2D eigenvalue weighted by atomic mass is 16.3. The van der Waals surface area contributed by atoms with Crippen molar-refractivity contribution in [3.8, 4) is 17.2 Å². The molecule has 0 N–H and O–H groups in total. The summed E-state index contributed by atoms with van der Waals surface area (Å²) in [7, 11) is 0. The standard InChI is InChI=1S/C36H21N3O/c1-2-10-22(11-3-1)33-29-14-4-7-15-30(29)37-36(38-33)39-31-16-8-5-12-23(31)25-18-21-28-26(34(25)39)19-20-27-24-13-6-9-17-32(24)40-35(27)28/h1-21H. The van der Waals surface area contributed by atoms with Gasteiger partial charge in [0.05, 0.1) is 22.2 Å². The van der Waals surface area contributed by atoms with Crippen molar-refractivity contribution < 1.29 is 4.42 Å². The second-order valence-electron chi connectivity index (χ2n) is 10.2. The van der Waals surface area contributed by atoms with Crippen LogP contribution < -0.4 is 0 Å². The van der Waals surface area contributed by atoms with E-state index in [1.54, 1.807) is 0 Å². The van der Waals surface area contributed by atoms with Crippen LogP contribution in [0.1, 0.15) is 0 Å². The fourth-order valence-corrected chi connectivity index (χ4v) is 6.24. The molecule has 0 amide bonds. The van der Waals surface area contributed by atoms with Crippen molar-refractivity contribution in [1.29, 1.82) is 0 Å². The number of nitrogens with zero attached hydrogens (tertiary/aromatic N) is 3. The van der Waals surface area contributed by atoms with Crippen LogP contribution in [0.5, 0.6) is 0 Å². The highest BCUT2D eigenvalue weighted by molar-refractivity contribution is 6.24. The lowest BCUT2D eigenvalue weighted by atomic mass is 10.0. The van der Waals surface area contributed by atoms with E-state index in [9.17, 15) is 0 Å². The lowest BCUT2D eigenvalue weighted by Crippen LogP contribution is -2.03. The largest absolute Gasteiger partial charge is 0.455 e. The van der Waals surface area contributed by atoms with Gasteiger partial charge < -0.3 is 4.42 Å². The van der Waals surface area contributed by atoms with Crippen LogP contribution in [0.2, 0.25) is 0 Å². The van der Waals surface area contributed by atoms with Gasteiger partial charge in [0.2, 0.25) is 5.95 Å². The predicted octanol–water partition coefficient (Wildman–Crippen LogP) is 9.45. The Hall–Kier alpha value is -5.48. The Morgan fingerprint density at radius 1 is 0.475 bits per heavy atom.